The lowest BCUT2D eigenvalue weighted by Crippen LogP contribution is -2.67. The Bertz CT molecular complexity index is 1580. The van der Waals surface area contributed by atoms with E-state index in [1.54, 1.807) is 19.4 Å². The molecule has 0 aliphatic carbocycles. The molecule has 9 heteroatoms. The Kier molecular flexibility index (Phi) is 6.01. The third-order valence-corrected chi connectivity index (χ3v) is 8.53. The van der Waals surface area contributed by atoms with E-state index in [-0.39, 0.29) is 17.1 Å². The Labute approximate surface area is 232 Å². The van der Waals surface area contributed by atoms with Crippen molar-refractivity contribution in [1.82, 2.24) is 19.8 Å². The first kappa shape index (κ1) is 25.0. The van der Waals surface area contributed by atoms with Crippen LogP contribution in [0.5, 0.6) is 5.75 Å². The van der Waals surface area contributed by atoms with Crippen LogP contribution in [0.1, 0.15) is 10.4 Å². The van der Waals surface area contributed by atoms with Crippen LogP contribution in [0.25, 0.3) is 33.3 Å². The summed E-state index contributed by atoms with van der Waals surface area (Å²) < 4.78 is 26.5. The van der Waals surface area contributed by atoms with Gasteiger partial charge in [-0.2, -0.15) is 0 Å². The van der Waals surface area contributed by atoms with Gasteiger partial charge in [-0.05, 0) is 48.5 Å². The molecule has 0 radical (unpaired) electrons. The first-order valence-corrected chi connectivity index (χ1v) is 13.7. The maximum absolute atomic E-state index is 15.5. The Balaban J connectivity index is 1.16. The number of methoxy groups -OCH3 is 1. The molecule has 1 spiro atoms. The number of hydrogen-bond acceptors (Lipinski definition) is 6. The summed E-state index contributed by atoms with van der Waals surface area (Å²) in [5, 5.41) is 0.925. The van der Waals surface area contributed by atoms with Crippen LogP contribution in [-0.2, 0) is 4.74 Å². The van der Waals surface area contributed by atoms with E-state index >= 15 is 4.39 Å². The van der Waals surface area contributed by atoms with Gasteiger partial charge in [0.2, 0.25) is 0 Å². The van der Waals surface area contributed by atoms with Crippen molar-refractivity contribution in [3.8, 4) is 28.0 Å². The standard InChI is InChI=1S/C31H32FN5O3/c1-35-7-9-36(10-8-35)28-26(32)12-22(13-27(28)39-2)23-11-24-25(15-34-29(24)33-14-23)20-3-5-21(6-4-20)30(38)37-16-31(17-37)18-40-19-31/h3-6,11-15H,7-10,16-19H2,1-2H3,(H,33,34). The van der Waals surface area contributed by atoms with Crippen LogP contribution in [-0.4, -0.2) is 92.3 Å². The molecule has 206 valence electrons. The maximum atomic E-state index is 15.5. The molecule has 3 saturated heterocycles. The number of likely N-dealkylation sites (tertiary alicyclic amines) is 1. The molecule has 7 rings (SSSR count). The number of piperazine rings is 1. The molecule has 8 nitrogen and oxygen atoms in total. The minimum absolute atomic E-state index is 0.0583. The van der Waals surface area contributed by atoms with Gasteiger partial charge in [-0.1, -0.05) is 12.1 Å². The number of carbonyl (C=O) groups excluding carboxylic acids is 1. The molecule has 3 aliphatic rings. The largest absolute Gasteiger partial charge is 0.494 e. The van der Waals surface area contributed by atoms with Gasteiger partial charge in [0.25, 0.3) is 5.91 Å². The lowest BCUT2D eigenvalue weighted by Gasteiger charge is -2.54. The van der Waals surface area contributed by atoms with E-state index in [0.29, 0.717) is 22.6 Å². The lowest BCUT2D eigenvalue weighted by molar-refractivity contribution is -0.176. The number of pyridine rings is 1. The summed E-state index contributed by atoms with van der Waals surface area (Å²) in [5.74, 6) is 0.279. The second-order valence-electron chi connectivity index (χ2n) is 11.4. The number of benzene rings is 2. The zero-order valence-corrected chi connectivity index (χ0v) is 22.7. The first-order valence-electron chi connectivity index (χ1n) is 13.7. The van der Waals surface area contributed by atoms with Gasteiger partial charge in [0.15, 0.2) is 5.82 Å². The average Bonchev–Trinajstić information content (AvgIpc) is 3.35. The molecule has 5 heterocycles. The van der Waals surface area contributed by atoms with Crippen LogP contribution < -0.4 is 9.64 Å². The summed E-state index contributed by atoms with van der Waals surface area (Å²) in [6.45, 7) is 6.31. The predicted molar refractivity (Wildman–Crippen MR) is 152 cm³/mol. The molecule has 2 aromatic heterocycles. The third kappa shape index (κ3) is 4.20. The molecular weight excluding hydrogens is 509 g/mol. The number of aromatic amines is 1. The predicted octanol–water partition coefficient (Wildman–Crippen LogP) is 4.27. The number of aromatic nitrogens is 2. The van der Waals surface area contributed by atoms with Crippen molar-refractivity contribution in [2.45, 2.75) is 0 Å². The number of H-pyrrole nitrogens is 1. The third-order valence-electron chi connectivity index (χ3n) is 8.53. The maximum Gasteiger partial charge on any atom is 0.253 e. The fourth-order valence-electron chi connectivity index (χ4n) is 6.09. The van der Waals surface area contributed by atoms with Crippen LogP contribution >= 0.6 is 0 Å². The molecule has 0 atom stereocenters. The number of hydrogen-bond donors (Lipinski definition) is 1. The second-order valence-corrected chi connectivity index (χ2v) is 11.4. The molecule has 0 saturated carbocycles. The Morgan fingerprint density at radius 1 is 1.02 bits per heavy atom. The number of amides is 1. The highest BCUT2D eigenvalue weighted by Gasteiger charge is 2.50. The zero-order chi connectivity index (χ0) is 27.4. The van der Waals surface area contributed by atoms with Crippen molar-refractivity contribution < 1.29 is 18.7 Å². The molecular formula is C31H32FN5O3. The highest BCUT2D eigenvalue weighted by atomic mass is 19.1. The molecule has 1 N–H and O–H groups in total. The molecule has 0 bridgehead atoms. The number of halogens is 1. The van der Waals surface area contributed by atoms with Gasteiger partial charge < -0.3 is 29.2 Å². The van der Waals surface area contributed by atoms with Gasteiger partial charge in [-0.3, -0.25) is 4.79 Å². The number of likely N-dealkylation sites (N-methyl/N-ethyl adjacent to an activating group) is 1. The minimum Gasteiger partial charge on any atom is -0.494 e. The quantitative estimate of drug-likeness (QED) is 0.407. The van der Waals surface area contributed by atoms with Gasteiger partial charge in [0.05, 0.1) is 25.7 Å². The first-order chi connectivity index (χ1) is 19.4. The summed E-state index contributed by atoms with van der Waals surface area (Å²) in [4.78, 5) is 27.0. The number of nitrogens with one attached hydrogen (secondary N) is 1. The topological polar surface area (TPSA) is 73.9 Å². The van der Waals surface area contributed by atoms with Crippen molar-refractivity contribution in [3.05, 3.63) is 66.2 Å². The van der Waals surface area contributed by atoms with E-state index in [9.17, 15) is 4.79 Å². The van der Waals surface area contributed by atoms with Crippen molar-refractivity contribution >= 4 is 22.6 Å². The molecule has 40 heavy (non-hydrogen) atoms. The number of rotatable bonds is 5. The second kappa shape index (κ2) is 9.60. The summed E-state index contributed by atoms with van der Waals surface area (Å²) >= 11 is 0. The van der Waals surface area contributed by atoms with Crippen molar-refractivity contribution in [2.24, 2.45) is 5.41 Å². The minimum atomic E-state index is -0.300. The van der Waals surface area contributed by atoms with E-state index in [2.05, 4.69) is 26.8 Å². The number of anilines is 1. The molecule has 3 aliphatic heterocycles. The number of nitrogens with zero attached hydrogens (tertiary/aromatic N) is 4. The smallest absolute Gasteiger partial charge is 0.253 e. The monoisotopic (exact) mass is 541 g/mol. The number of carbonyl (C=O) groups is 1. The van der Waals surface area contributed by atoms with E-state index in [1.165, 1.54) is 0 Å². The summed E-state index contributed by atoms with van der Waals surface area (Å²) in [7, 11) is 3.66. The van der Waals surface area contributed by atoms with Gasteiger partial charge >= 0.3 is 0 Å². The van der Waals surface area contributed by atoms with E-state index in [1.807, 2.05) is 47.5 Å². The number of ether oxygens (including phenoxy) is 2. The zero-order valence-electron chi connectivity index (χ0n) is 22.7. The average molecular weight is 542 g/mol. The molecule has 2 aromatic carbocycles. The van der Waals surface area contributed by atoms with Crippen LogP contribution in [0, 0.1) is 11.2 Å². The molecule has 4 aromatic rings. The van der Waals surface area contributed by atoms with Crippen LogP contribution in [0.4, 0.5) is 10.1 Å². The van der Waals surface area contributed by atoms with Gasteiger partial charge in [-0.15, -0.1) is 0 Å². The Morgan fingerprint density at radius 3 is 2.45 bits per heavy atom. The highest BCUT2D eigenvalue weighted by molar-refractivity contribution is 5.98. The van der Waals surface area contributed by atoms with Crippen molar-refractivity contribution in [3.63, 3.8) is 0 Å². The van der Waals surface area contributed by atoms with Crippen molar-refractivity contribution in [2.75, 3.05) is 71.5 Å². The van der Waals surface area contributed by atoms with Crippen LogP contribution in [0.15, 0.2) is 54.9 Å². The lowest BCUT2D eigenvalue weighted by atomic mass is 9.78. The Hall–Kier alpha value is -3.95. The molecule has 1 amide bonds. The van der Waals surface area contributed by atoms with E-state index in [4.69, 9.17) is 9.47 Å². The summed E-state index contributed by atoms with van der Waals surface area (Å²) in [6.07, 6.45) is 3.67. The number of fused-ring (bicyclic) bond motifs is 1. The molecule has 0 unspecified atom stereocenters. The normalized spacial score (nSPS) is 18.6. The summed E-state index contributed by atoms with van der Waals surface area (Å²) in [5.41, 5.74) is 5.59. The van der Waals surface area contributed by atoms with Crippen LogP contribution in [0.3, 0.4) is 0 Å². The molecule has 3 fully saturated rings. The van der Waals surface area contributed by atoms with E-state index < -0.39 is 0 Å². The van der Waals surface area contributed by atoms with Gasteiger partial charge in [0, 0.05) is 73.7 Å². The fourth-order valence-corrected chi connectivity index (χ4v) is 6.09. The summed E-state index contributed by atoms with van der Waals surface area (Å²) in [6, 6.07) is 13.2. The fraction of sp³-hybridized carbons (Fsp3) is 0.355. The Morgan fingerprint density at radius 2 is 1.77 bits per heavy atom. The van der Waals surface area contributed by atoms with E-state index in [0.717, 1.165) is 80.2 Å². The highest BCUT2D eigenvalue weighted by Crippen LogP contribution is 2.40. The van der Waals surface area contributed by atoms with Crippen molar-refractivity contribution in [1.29, 1.82) is 0 Å². The van der Waals surface area contributed by atoms with Crippen LogP contribution in [0.2, 0.25) is 0 Å². The van der Waals surface area contributed by atoms with Gasteiger partial charge in [-0.25, -0.2) is 9.37 Å². The van der Waals surface area contributed by atoms with Gasteiger partial charge in [0.1, 0.15) is 17.1 Å². The SMILES string of the molecule is COc1cc(-c2cnc3[nH]cc(-c4ccc(C(=O)N5CC6(COC6)C5)cc4)c3c2)cc(F)c1N1CCN(C)CC1.